The van der Waals surface area contributed by atoms with Crippen molar-refractivity contribution in [3.05, 3.63) is 17.8 Å². The predicted molar refractivity (Wildman–Crippen MR) is 52.1 cm³/mol. The van der Waals surface area contributed by atoms with Crippen LogP contribution in [0.4, 0.5) is 0 Å². The van der Waals surface area contributed by atoms with Crippen LogP contribution in [0.2, 0.25) is 0 Å². The van der Waals surface area contributed by atoms with Gasteiger partial charge in [-0.25, -0.2) is 4.98 Å². The third-order valence-electron chi connectivity index (χ3n) is 2.55. The molecule has 1 aromatic rings. The fourth-order valence-corrected chi connectivity index (χ4v) is 1.73. The van der Waals surface area contributed by atoms with Gasteiger partial charge >= 0.3 is 0 Å². The molecule has 0 aliphatic carbocycles. The first kappa shape index (κ1) is 9.68. The maximum Gasteiger partial charge on any atom is 0.195 e. The molecular weight excluding hydrogens is 180 g/mol. The van der Waals surface area contributed by atoms with Gasteiger partial charge in [0.05, 0.1) is 6.20 Å². The lowest BCUT2D eigenvalue weighted by molar-refractivity contribution is 0.0804. The Balaban J connectivity index is 2.00. The zero-order valence-electron chi connectivity index (χ0n) is 8.24. The van der Waals surface area contributed by atoms with Gasteiger partial charge in [-0.15, -0.1) is 0 Å². The Labute approximate surface area is 83.4 Å². The van der Waals surface area contributed by atoms with E-state index in [1.165, 1.54) is 0 Å². The molecule has 1 saturated heterocycles. The fourth-order valence-electron chi connectivity index (χ4n) is 1.73. The predicted octanol–water partition coefficient (Wildman–Crippen LogP) is 1.07. The summed E-state index contributed by atoms with van der Waals surface area (Å²) >= 11 is 0. The van der Waals surface area contributed by atoms with Gasteiger partial charge in [-0.3, -0.25) is 0 Å². The van der Waals surface area contributed by atoms with Gasteiger partial charge in [0.1, 0.15) is 5.76 Å². The Morgan fingerprint density at radius 2 is 2.21 bits per heavy atom. The molecule has 2 heterocycles. The molecule has 4 heteroatoms. The summed E-state index contributed by atoms with van der Waals surface area (Å²) < 4.78 is 10.9. The number of aromatic nitrogens is 1. The van der Waals surface area contributed by atoms with E-state index in [0.717, 1.165) is 44.1 Å². The van der Waals surface area contributed by atoms with Crippen LogP contribution in [-0.4, -0.2) is 24.7 Å². The maximum absolute atomic E-state index is 5.62. The van der Waals surface area contributed by atoms with Crippen LogP contribution in [0.15, 0.2) is 10.6 Å². The van der Waals surface area contributed by atoms with Crippen LogP contribution in [0.3, 0.4) is 0 Å². The van der Waals surface area contributed by atoms with Crippen LogP contribution in [0.5, 0.6) is 0 Å². The number of hydrogen-bond acceptors (Lipinski definition) is 4. The summed E-state index contributed by atoms with van der Waals surface area (Å²) in [6, 6.07) is 0. The quantitative estimate of drug-likeness (QED) is 0.785. The molecule has 0 spiro atoms. The van der Waals surface area contributed by atoms with Crippen LogP contribution >= 0.6 is 0 Å². The second kappa shape index (κ2) is 4.57. The summed E-state index contributed by atoms with van der Waals surface area (Å²) in [7, 11) is 0. The molecular formula is C10H16N2O2. The van der Waals surface area contributed by atoms with Crippen molar-refractivity contribution in [3.8, 4) is 0 Å². The Bertz CT molecular complexity index is 279. The minimum Gasteiger partial charge on any atom is -0.445 e. The van der Waals surface area contributed by atoms with E-state index < -0.39 is 0 Å². The van der Waals surface area contributed by atoms with Crippen LogP contribution in [0, 0.1) is 0 Å². The maximum atomic E-state index is 5.62. The zero-order valence-corrected chi connectivity index (χ0v) is 8.24. The highest BCUT2D eigenvalue weighted by Crippen LogP contribution is 2.27. The Morgan fingerprint density at radius 3 is 2.93 bits per heavy atom. The summed E-state index contributed by atoms with van der Waals surface area (Å²) in [6.45, 7) is 2.25. The molecule has 14 heavy (non-hydrogen) atoms. The second-order valence-corrected chi connectivity index (χ2v) is 3.58. The van der Waals surface area contributed by atoms with E-state index in [1.807, 2.05) is 6.20 Å². The van der Waals surface area contributed by atoms with E-state index in [1.54, 1.807) is 0 Å². The topological polar surface area (TPSA) is 61.3 Å². The summed E-state index contributed by atoms with van der Waals surface area (Å²) in [5.74, 6) is 2.24. The van der Waals surface area contributed by atoms with E-state index in [2.05, 4.69) is 4.98 Å². The summed E-state index contributed by atoms with van der Waals surface area (Å²) in [5, 5.41) is 0. The van der Waals surface area contributed by atoms with E-state index >= 15 is 0 Å². The van der Waals surface area contributed by atoms with E-state index in [0.29, 0.717) is 12.5 Å². The van der Waals surface area contributed by atoms with Gasteiger partial charge in [0.2, 0.25) is 0 Å². The van der Waals surface area contributed by atoms with Crippen LogP contribution in [0.1, 0.15) is 30.4 Å². The highest BCUT2D eigenvalue weighted by Gasteiger charge is 2.19. The molecule has 1 aliphatic rings. The smallest absolute Gasteiger partial charge is 0.195 e. The lowest BCUT2D eigenvalue weighted by Gasteiger charge is -2.19. The molecule has 0 saturated carbocycles. The highest BCUT2D eigenvalue weighted by molar-refractivity contribution is 5.02. The van der Waals surface area contributed by atoms with E-state index in [4.69, 9.17) is 14.9 Å². The van der Waals surface area contributed by atoms with Gasteiger partial charge in [0.15, 0.2) is 5.89 Å². The van der Waals surface area contributed by atoms with Gasteiger partial charge in [-0.2, -0.15) is 0 Å². The molecule has 78 valence electrons. The van der Waals surface area contributed by atoms with Crippen molar-refractivity contribution in [1.29, 1.82) is 0 Å². The van der Waals surface area contributed by atoms with E-state index in [-0.39, 0.29) is 0 Å². The Hall–Kier alpha value is -0.870. The molecule has 0 radical (unpaired) electrons. The summed E-state index contributed by atoms with van der Waals surface area (Å²) in [6.07, 6.45) is 4.64. The van der Waals surface area contributed by atoms with Gasteiger partial charge < -0.3 is 14.9 Å². The molecule has 0 amide bonds. The average Bonchev–Trinajstić information content (AvgIpc) is 2.68. The zero-order chi connectivity index (χ0) is 9.80. The lowest BCUT2D eigenvalue weighted by atomic mass is 9.98. The largest absolute Gasteiger partial charge is 0.445 e. The average molecular weight is 196 g/mol. The molecule has 1 aliphatic heterocycles. The molecule has 1 fully saturated rings. The summed E-state index contributed by atoms with van der Waals surface area (Å²) in [5.41, 5.74) is 5.43. The lowest BCUT2D eigenvalue weighted by Crippen LogP contribution is -2.13. The monoisotopic (exact) mass is 196 g/mol. The molecule has 0 aromatic carbocycles. The normalized spacial score (nSPS) is 18.6. The number of nitrogens with zero attached hydrogens (tertiary/aromatic N) is 1. The first-order valence-corrected chi connectivity index (χ1v) is 5.12. The van der Waals surface area contributed by atoms with Gasteiger partial charge in [0.25, 0.3) is 0 Å². The molecule has 4 nitrogen and oxygen atoms in total. The first-order valence-electron chi connectivity index (χ1n) is 5.12. The molecule has 0 bridgehead atoms. The fraction of sp³-hybridized carbons (Fsp3) is 0.700. The third-order valence-corrected chi connectivity index (χ3v) is 2.55. The number of rotatable bonds is 3. The molecule has 1 aromatic heterocycles. The van der Waals surface area contributed by atoms with Gasteiger partial charge in [-0.05, 0) is 12.8 Å². The van der Waals surface area contributed by atoms with Gasteiger partial charge in [-0.1, -0.05) is 0 Å². The minimum atomic E-state index is 0.489. The minimum absolute atomic E-state index is 0.489. The van der Waals surface area contributed by atoms with E-state index in [9.17, 15) is 0 Å². The SMILES string of the molecule is NCCc1ncc(C2CCOCC2)o1. The number of hydrogen-bond donors (Lipinski definition) is 1. The first-order chi connectivity index (χ1) is 6.90. The van der Waals surface area contributed by atoms with Crippen molar-refractivity contribution in [1.82, 2.24) is 4.98 Å². The Morgan fingerprint density at radius 1 is 1.43 bits per heavy atom. The molecule has 2 rings (SSSR count). The van der Waals surface area contributed by atoms with Crippen molar-refractivity contribution in [3.63, 3.8) is 0 Å². The van der Waals surface area contributed by atoms with Crippen LogP contribution < -0.4 is 5.73 Å². The highest BCUT2D eigenvalue weighted by atomic mass is 16.5. The summed E-state index contributed by atoms with van der Waals surface area (Å²) in [4.78, 5) is 4.19. The van der Waals surface area contributed by atoms with Gasteiger partial charge in [0, 0.05) is 32.1 Å². The van der Waals surface area contributed by atoms with Crippen molar-refractivity contribution >= 4 is 0 Å². The number of ether oxygens (including phenoxy) is 1. The third kappa shape index (κ3) is 2.13. The Kier molecular flexibility index (Phi) is 3.16. The standard InChI is InChI=1S/C10H16N2O2/c11-4-1-10-12-7-9(14-10)8-2-5-13-6-3-8/h7-8H,1-6,11H2. The number of oxazole rings is 1. The van der Waals surface area contributed by atoms with Crippen molar-refractivity contribution in [2.24, 2.45) is 5.73 Å². The van der Waals surface area contributed by atoms with Crippen molar-refractivity contribution in [2.75, 3.05) is 19.8 Å². The molecule has 2 N–H and O–H groups in total. The molecule has 0 unspecified atom stereocenters. The molecule has 0 atom stereocenters. The van der Waals surface area contributed by atoms with Crippen LogP contribution in [0.25, 0.3) is 0 Å². The van der Waals surface area contributed by atoms with Crippen molar-refractivity contribution in [2.45, 2.75) is 25.2 Å². The van der Waals surface area contributed by atoms with Crippen molar-refractivity contribution < 1.29 is 9.15 Å². The second-order valence-electron chi connectivity index (χ2n) is 3.58. The number of nitrogens with two attached hydrogens (primary N) is 1. The van der Waals surface area contributed by atoms with Crippen LogP contribution in [-0.2, 0) is 11.2 Å².